The van der Waals surface area contributed by atoms with Crippen LogP contribution in [-0.4, -0.2) is 54.7 Å². The molecular formula is C14H19N3O3. The Labute approximate surface area is 118 Å². The van der Waals surface area contributed by atoms with Crippen LogP contribution >= 0.6 is 0 Å². The van der Waals surface area contributed by atoms with Gasteiger partial charge in [0.15, 0.2) is 0 Å². The zero-order valence-electron chi connectivity index (χ0n) is 11.5. The number of aryl methyl sites for hydroxylation is 1. The first-order valence-corrected chi connectivity index (χ1v) is 6.62. The summed E-state index contributed by atoms with van der Waals surface area (Å²) in [6.45, 7) is 4.42. The lowest BCUT2D eigenvalue weighted by Gasteiger charge is -2.36. The minimum Gasteiger partial charge on any atom is -0.480 e. The van der Waals surface area contributed by atoms with E-state index in [0.29, 0.717) is 13.1 Å². The van der Waals surface area contributed by atoms with Crippen molar-refractivity contribution in [3.63, 3.8) is 0 Å². The molecule has 0 saturated carbocycles. The number of nitrogens with one attached hydrogen (secondary N) is 1. The Morgan fingerprint density at radius 1 is 1.25 bits per heavy atom. The van der Waals surface area contributed by atoms with Gasteiger partial charge in [-0.25, -0.2) is 4.79 Å². The molecule has 1 aliphatic rings. The van der Waals surface area contributed by atoms with Crippen LogP contribution in [0.3, 0.4) is 0 Å². The van der Waals surface area contributed by atoms with Crippen molar-refractivity contribution in [2.24, 2.45) is 0 Å². The number of urea groups is 1. The number of piperazine rings is 1. The number of carboxylic acids is 1. The van der Waals surface area contributed by atoms with Gasteiger partial charge in [-0.2, -0.15) is 0 Å². The van der Waals surface area contributed by atoms with Crippen LogP contribution in [0.2, 0.25) is 0 Å². The number of carboxylic acid groups (broad SMARTS) is 1. The third-order valence-electron chi connectivity index (χ3n) is 3.32. The predicted molar refractivity (Wildman–Crippen MR) is 76.0 cm³/mol. The first-order valence-electron chi connectivity index (χ1n) is 6.62. The van der Waals surface area contributed by atoms with E-state index in [-0.39, 0.29) is 12.6 Å². The third-order valence-corrected chi connectivity index (χ3v) is 3.32. The third kappa shape index (κ3) is 3.63. The summed E-state index contributed by atoms with van der Waals surface area (Å²) in [7, 11) is 0. The fourth-order valence-electron chi connectivity index (χ4n) is 2.26. The van der Waals surface area contributed by atoms with Gasteiger partial charge in [-0.15, -0.1) is 0 Å². The van der Waals surface area contributed by atoms with Crippen LogP contribution in [0.1, 0.15) is 5.56 Å². The van der Waals surface area contributed by atoms with Gasteiger partial charge in [0.05, 0.1) is 0 Å². The SMILES string of the molecule is Cc1cccc(N2CCN(C(=O)NCC(=O)O)CC2)c1. The van der Waals surface area contributed by atoms with E-state index in [1.165, 1.54) is 5.56 Å². The first kappa shape index (κ1) is 14.2. The lowest BCUT2D eigenvalue weighted by atomic mass is 10.2. The molecule has 2 rings (SSSR count). The van der Waals surface area contributed by atoms with E-state index in [4.69, 9.17) is 5.11 Å². The molecular weight excluding hydrogens is 258 g/mol. The molecule has 6 heteroatoms. The number of hydrogen-bond acceptors (Lipinski definition) is 3. The number of amides is 2. The van der Waals surface area contributed by atoms with Crippen molar-refractivity contribution < 1.29 is 14.7 Å². The van der Waals surface area contributed by atoms with Gasteiger partial charge >= 0.3 is 12.0 Å². The van der Waals surface area contributed by atoms with Gasteiger partial charge in [0.2, 0.25) is 0 Å². The molecule has 2 amide bonds. The van der Waals surface area contributed by atoms with Crippen molar-refractivity contribution in [2.45, 2.75) is 6.92 Å². The van der Waals surface area contributed by atoms with Gasteiger partial charge in [-0.1, -0.05) is 12.1 Å². The highest BCUT2D eigenvalue weighted by Crippen LogP contribution is 2.17. The summed E-state index contributed by atoms with van der Waals surface area (Å²) >= 11 is 0. The fourth-order valence-corrected chi connectivity index (χ4v) is 2.26. The van der Waals surface area contributed by atoms with Crippen LogP contribution in [0.25, 0.3) is 0 Å². The molecule has 1 fully saturated rings. The molecule has 108 valence electrons. The van der Waals surface area contributed by atoms with Gasteiger partial charge in [-0.3, -0.25) is 4.79 Å². The molecule has 1 aromatic carbocycles. The first-order chi connectivity index (χ1) is 9.56. The second-order valence-corrected chi connectivity index (χ2v) is 4.87. The van der Waals surface area contributed by atoms with Crippen LogP contribution in [0.4, 0.5) is 10.5 Å². The number of rotatable bonds is 3. The molecule has 1 aromatic rings. The van der Waals surface area contributed by atoms with E-state index in [2.05, 4.69) is 35.3 Å². The average molecular weight is 277 g/mol. The Balaban J connectivity index is 1.86. The van der Waals surface area contributed by atoms with E-state index < -0.39 is 5.97 Å². The number of carbonyl (C=O) groups is 2. The summed E-state index contributed by atoms with van der Waals surface area (Å²) in [5.41, 5.74) is 2.37. The van der Waals surface area contributed by atoms with Crippen LogP contribution in [-0.2, 0) is 4.79 Å². The lowest BCUT2D eigenvalue weighted by molar-refractivity contribution is -0.135. The number of anilines is 1. The Morgan fingerprint density at radius 2 is 1.95 bits per heavy atom. The molecule has 0 spiro atoms. The second kappa shape index (κ2) is 6.27. The zero-order valence-corrected chi connectivity index (χ0v) is 11.5. The van der Waals surface area contributed by atoms with E-state index in [9.17, 15) is 9.59 Å². The van der Waals surface area contributed by atoms with Crippen LogP contribution < -0.4 is 10.2 Å². The van der Waals surface area contributed by atoms with Crippen LogP contribution in [0.5, 0.6) is 0 Å². The van der Waals surface area contributed by atoms with Gasteiger partial charge in [-0.05, 0) is 24.6 Å². The quantitative estimate of drug-likeness (QED) is 0.861. The van der Waals surface area contributed by atoms with Crippen molar-refractivity contribution in [3.8, 4) is 0 Å². The van der Waals surface area contributed by atoms with Crippen molar-refractivity contribution in [3.05, 3.63) is 29.8 Å². The summed E-state index contributed by atoms with van der Waals surface area (Å²) in [6.07, 6.45) is 0. The standard InChI is InChI=1S/C14H19N3O3/c1-11-3-2-4-12(9-11)16-5-7-17(8-6-16)14(20)15-10-13(18)19/h2-4,9H,5-8,10H2,1H3,(H,15,20)(H,18,19). The largest absolute Gasteiger partial charge is 0.480 e. The molecule has 2 N–H and O–H groups in total. The van der Waals surface area contributed by atoms with Crippen molar-refractivity contribution in [2.75, 3.05) is 37.6 Å². The predicted octanol–water partition coefficient (Wildman–Crippen LogP) is 0.911. The normalized spacial score (nSPS) is 15.1. The maximum absolute atomic E-state index is 11.7. The number of benzene rings is 1. The molecule has 20 heavy (non-hydrogen) atoms. The molecule has 6 nitrogen and oxygen atoms in total. The molecule has 1 heterocycles. The summed E-state index contributed by atoms with van der Waals surface area (Å²) < 4.78 is 0. The molecule has 0 aliphatic carbocycles. The van der Waals surface area contributed by atoms with E-state index >= 15 is 0 Å². The topological polar surface area (TPSA) is 72.9 Å². The summed E-state index contributed by atoms with van der Waals surface area (Å²) in [5, 5.41) is 10.9. The Hall–Kier alpha value is -2.24. The highest BCUT2D eigenvalue weighted by molar-refractivity contribution is 5.80. The Kier molecular flexibility index (Phi) is 4.45. The maximum Gasteiger partial charge on any atom is 0.323 e. The second-order valence-electron chi connectivity index (χ2n) is 4.87. The Bertz CT molecular complexity index is 496. The molecule has 0 radical (unpaired) electrons. The van der Waals surface area contributed by atoms with Crippen molar-refractivity contribution in [1.82, 2.24) is 10.2 Å². The maximum atomic E-state index is 11.7. The smallest absolute Gasteiger partial charge is 0.323 e. The number of aliphatic carboxylic acids is 1. The van der Waals surface area contributed by atoms with Gasteiger partial charge in [0.1, 0.15) is 6.54 Å². The van der Waals surface area contributed by atoms with Crippen LogP contribution in [0.15, 0.2) is 24.3 Å². The summed E-state index contributed by atoms with van der Waals surface area (Å²) in [4.78, 5) is 26.0. The van der Waals surface area contributed by atoms with E-state index in [1.807, 2.05) is 6.07 Å². The van der Waals surface area contributed by atoms with E-state index in [0.717, 1.165) is 18.8 Å². The summed E-state index contributed by atoms with van der Waals surface area (Å²) in [6, 6.07) is 7.96. The highest BCUT2D eigenvalue weighted by Gasteiger charge is 2.21. The monoisotopic (exact) mass is 277 g/mol. The van der Waals surface area contributed by atoms with Crippen molar-refractivity contribution in [1.29, 1.82) is 0 Å². The molecule has 1 saturated heterocycles. The zero-order chi connectivity index (χ0) is 14.5. The minimum absolute atomic E-state index is 0.309. The van der Waals surface area contributed by atoms with Gasteiger partial charge < -0.3 is 20.2 Å². The number of carbonyl (C=O) groups excluding carboxylic acids is 1. The fraction of sp³-hybridized carbons (Fsp3) is 0.429. The van der Waals surface area contributed by atoms with Crippen LogP contribution in [0, 0.1) is 6.92 Å². The van der Waals surface area contributed by atoms with Gasteiger partial charge in [0.25, 0.3) is 0 Å². The van der Waals surface area contributed by atoms with Gasteiger partial charge in [0, 0.05) is 31.9 Å². The highest BCUT2D eigenvalue weighted by atomic mass is 16.4. The molecule has 0 aromatic heterocycles. The van der Waals surface area contributed by atoms with Crippen molar-refractivity contribution >= 4 is 17.7 Å². The molecule has 0 atom stereocenters. The molecule has 1 aliphatic heterocycles. The minimum atomic E-state index is -1.03. The number of nitrogens with zero attached hydrogens (tertiary/aromatic N) is 2. The summed E-state index contributed by atoms with van der Waals surface area (Å²) in [5.74, 6) is -1.03. The number of hydrogen-bond donors (Lipinski definition) is 2. The van der Waals surface area contributed by atoms with E-state index in [1.54, 1.807) is 4.90 Å². The Morgan fingerprint density at radius 3 is 2.55 bits per heavy atom. The molecule has 0 unspecified atom stereocenters. The lowest BCUT2D eigenvalue weighted by Crippen LogP contribution is -2.52. The molecule has 0 bridgehead atoms. The average Bonchev–Trinajstić information content (AvgIpc) is 2.45.